The summed E-state index contributed by atoms with van der Waals surface area (Å²) in [6.07, 6.45) is 1.76. The second-order valence-electron chi connectivity index (χ2n) is 8.40. The van der Waals surface area contributed by atoms with Gasteiger partial charge in [0.15, 0.2) is 16.1 Å². The van der Waals surface area contributed by atoms with Gasteiger partial charge in [-0.05, 0) is 37.1 Å². The summed E-state index contributed by atoms with van der Waals surface area (Å²) in [7, 11) is 3.36. The minimum absolute atomic E-state index is 0.118. The third-order valence-electron chi connectivity index (χ3n) is 4.70. The van der Waals surface area contributed by atoms with Gasteiger partial charge in [0.05, 0.1) is 18.1 Å². The Morgan fingerprint density at radius 3 is 2.60 bits per heavy atom. The Bertz CT molecular complexity index is 1180. The highest BCUT2D eigenvalue weighted by atomic mass is 32.2. The first-order valence-corrected chi connectivity index (χ1v) is 12.9. The van der Waals surface area contributed by atoms with E-state index in [0.717, 1.165) is 22.6 Å². The van der Waals surface area contributed by atoms with Crippen molar-refractivity contribution in [2.45, 2.75) is 32.5 Å². The number of carbonyl (C=O) groups excluding carboxylic acids is 2. The maximum Gasteiger partial charge on any atom is 0.265 e. The highest BCUT2D eigenvalue weighted by Crippen LogP contribution is 2.27. The standard InChI is InChI=1S/C24H30N6O3S2/c1-7-12-30-21(17-8-10-18(11-9-17)33-13-15(2)3)27-28-24(30)34-14-19(31)26-23-25-16(4)20(35-23)22(32)29(5)6/h7-11,15H,1,12-14H2,2-6H3,(H,25,26,31). The molecule has 0 aliphatic rings. The first kappa shape index (κ1) is 26.4. The van der Waals surface area contributed by atoms with Crippen LogP contribution in [0.5, 0.6) is 5.75 Å². The van der Waals surface area contributed by atoms with Crippen molar-refractivity contribution >= 4 is 40.0 Å². The molecule has 0 spiro atoms. The second-order valence-corrected chi connectivity index (χ2v) is 10.3. The summed E-state index contributed by atoms with van der Waals surface area (Å²) in [6.45, 7) is 10.9. The molecule has 0 saturated heterocycles. The third kappa shape index (κ3) is 6.92. The number of amides is 2. The van der Waals surface area contributed by atoms with Gasteiger partial charge in [-0.25, -0.2) is 4.98 Å². The Hall–Kier alpha value is -3.18. The van der Waals surface area contributed by atoms with Gasteiger partial charge in [0.2, 0.25) is 5.91 Å². The zero-order valence-electron chi connectivity index (χ0n) is 20.6. The molecule has 9 nitrogen and oxygen atoms in total. The topological polar surface area (TPSA) is 102 Å². The molecule has 1 N–H and O–H groups in total. The zero-order chi connectivity index (χ0) is 25.5. The summed E-state index contributed by atoms with van der Waals surface area (Å²) in [5.74, 6) is 1.67. The summed E-state index contributed by atoms with van der Waals surface area (Å²) in [4.78, 5) is 31.1. The smallest absolute Gasteiger partial charge is 0.265 e. The molecule has 3 rings (SSSR count). The van der Waals surface area contributed by atoms with Gasteiger partial charge in [0.1, 0.15) is 10.6 Å². The molecule has 35 heavy (non-hydrogen) atoms. The van der Waals surface area contributed by atoms with Crippen LogP contribution in [0.25, 0.3) is 11.4 Å². The maximum atomic E-state index is 12.6. The molecular weight excluding hydrogens is 484 g/mol. The van der Waals surface area contributed by atoms with Crippen molar-refractivity contribution < 1.29 is 14.3 Å². The Labute approximate surface area is 213 Å². The van der Waals surface area contributed by atoms with Crippen molar-refractivity contribution in [3.05, 3.63) is 47.5 Å². The number of ether oxygens (including phenoxy) is 1. The summed E-state index contributed by atoms with van der Waals surface area (Å²) >= 11 is 2.44. The van der Waals surface area contributed by atoms with Crippen molar-refractivity contribution in [1.29, 1.82) is 0 Å². The highest BCUT2D eigenvalue weighted by Gasteiger charge is 2.19. The van der Waals surface area contributed by atoms with Gasteiger partial charge in [-0.1, -0.05) is 43.0 Å². The van der Waals surface area contributed by atoms with Crippen molar-refractivity contribution in [1.82, 2.24) is 24.6 Å². The molecule has 0 atom stereocenters. The molecule has 2 aromatic heterocycles. The van der Waals surface area contributed by atoms with Crippen LogP contribution in [0.3, 0.4) is 0 Å². The molecule has 0 aliphatic carbocycles. The maximum absolute atomic E-state index is 12.6. The van der Waals surface area contributed by atoms with E-state index in [-0.39, 0.29) is 17.6 Å². The van der Waals surface area contributed by atoms with Crippen LogP contribution in [-0.4, -0.2) is 62.9 Å². The van der Waals surface area contributed by atoms with Gasteiger partial charge in [-0.2, -0.15) is 0 Å². The Morgan fingerprint density at radius 2 is 1.97 bits per heavy atom. The second kappa shape index (κ2) is 12.0. The lowest BCUT2D eigenvalue weighted by molar-refractivity contribution is -0.113. The number of aryl methyl sites for hydroxylation is 1. The van der Waals surface area contributed by atoms with Crippen molar-refractivity contribution in [3.8, 4) is 17.1 Å². The summed E-state index contributed by atoms with van der Waals surface area (Å²) in [6, 6.07) is 7.71. The fourth-order valence-electron chi connectivity index (χ4n) is 3.00. The number of allylic oxidation sites excluding steroid dienone is 1. The number of thioether (sulfide) groups is 1. The molecule has 0 radical (unpaired) electrons. The lowest BCUT2D eigenvalue weighted by Crippen LogP contribution is -2.21. The van der Waals surface area contributed by atoms with E-state index in [1.54, 1.807) is 27.1 Å². The molecule has 0 saturated carbocycles. The van der Waals surface area contributed by atoms with E-state index in [0.29, 0.717) is 45.8 Å². The number of aromatic nitrogens is 4. The van der Waals surface area contributed by atoms with E-state index < -0.39 is 0 Å². The number of hydrogen-bond acceptors (Lipinski definition) is 8. The number of carbonyl (C=O) groups is 2. The van der Waals surface area contributed by atoms with Gasteiger partial charge in [0.25, 0.3) is 5.91 Å². The number of thiazole rings is 1. The van der Waals surface area contributed by atoms with Gasteiger partial charge in [-0.3, -0.25) is 14.2 Å². The number of hydrogen-bond donors (Lipinski definition) is 1. The molecular formula is C24H30N6O3S2. The van der Waals surface area contributed by atoms with Crippen LogP contribution in [0.4, 0.5) is 5.13 Å². The Kier molecular flexibility index (Phi) is 9.05. The summed E-state index contributed by atoms with van der Waals surface area (Å²) in [5, 5.41) is 12.4. The molecule has 0 bridgehead atoms. The zero-order valence-corrected chi connectivity index (χ0v) is 22.2. The van der Waals surface area contributed by atoms with E-state index in [1.165, 1.54) is 16.7 Å². The molecule has 186 valence electrons. The number of nitrogens with one attached hydrogen (secondary N) is 1. The molecule has 3 aromatic rings. The molecule has 1 aromatic carbocycles. The Morgan fingerprint density at radius 1 is 1.26 bits per heavy atom. The fraction of sp³-hybridized carbons (Fsp3) is 0.375. The normalized spacial score (nSPS) is 10.9. The average molecular weight is 515 g/mol. The van der Waals surface area contributed by atoms with Gasteiger partial charge in [-0.15, -0.1) is 16.8 Å². The molecule has 0 aliphatic heterocycles. The number of rotatable bonds is 11. The van der Waals surface area contributed by atoms with E-state index in [2.05, 4.69) is 40.9 Å². The lowest BCUT2D eigenvalue weighted by atomic mass is 10.2. The van der Waals surface area contributed by atoms with Crippen LogP contribution in [0, 0.1) is 12.8 Å². The first-order valence-electron chi connectivity index (χ1n) is 11.1. The first-order chi connectivity index (χ1) is 16.7. The largest absolute Gasteiger partial charge is 0.493 e. The minimum atomic E-state index is -0.242. The minimum Gasteiger partial charge on any atom is -0.493 e. The number of anilines is 1. The van der Waals surface area contributed by atoms with Crippen LogP contribution < -0.4 is 10.1 Å². The molecule has 2 amide bonds. The number of nitrogens with zero attached hydrogens (tertiary/aromatic N) is 5. The molecule has 11 heteroatoms. The van der Waals surface area contributed by atoms with Crippen molar-refractivity contribution in [2.75, 3.05) is 31.8 Å². The SMILES string of the molecule is C=CCn1c(SCC(=O)Nc2nc(C)c(C(=O)N(C)C)s2)nnc1-c1ccc(OCC(C)C)cc1. The van der Waals surface area contributed by atoms with Crippen molar-refractivity contribution in [3.63, 3.8) is 0 Å². The Balaban J connectivity index is 1.67. The molecule has 2 heterocycles. The van der Waals surface area contributed by atoms with E-state index >= 15 is 0 Å². The van der Waals surface area contributed by atoms with E-state index in [4.69, 9.17) is 4.74 Å². The van der Waals surface area contributed by atoms with E-state index in [1.807, 2.05) is 28.8 Å². The fourth-order valence-corrected chi connectivity index (χ4v) is 4.75. The third-order valence-corrected chi connectivity index (χ3v) is 6.73. The predicted octanol–water partition coefficient (Wildman–Crippen LogP) is 4.36. The average Bonchev–Trinajstić information content (AvgIpc) is 3.39. The van der Waals surface area contributed by atoms with Crippen LogP contribution in [0.1, 0.15) is 29.2 Å². The quantitative estimate of drug-likeness (QED) is 0.300. The molecule has 0 fully saturated rings. The van der Waals surface area contributed by atoms with Crippen LogP contribution in [0.2, 0.25) is 0 Å². The van der Waals surface area contributed by atoms with Gasteiger partial charge in [0, 0.05) is 26.2 Å². The molecule has 0 unspecified atom stereocenters. The summed E-state index contributed by atoms with van der Waals surface area (Å²) in [5.41, 5.74) is 1.48. The summed E-state index contributed by atoms with van der Waals surface area (Å²) < 4.78 is 7.67. The lowest BCUT2D eigenvalue weighted by Gasteiger charge is -2.10. The van der Waals surface area contributed by atoms with Crippen LogP contribution in [0.15, 0.2) is 42.1 Å². The number of benzene rings is 1. The van der Waals surface area contributed by atoms with Gasteiger partial charge >= 0.3 is 0 Å². The monoisotopic (exact) mass is 514 g/mol. The van der Waals surface area contributed by atoms with Gasteiger partial charge < -0.3 is 15.0 Å². The van der Waals surface area contributed by atoms with Crippen LogP contribution in [-0.2, 0) is 11.3 Å². The van der Waals surface area contributed by atoms with Crippen molar-refractivity contribution in [2.24, 2.45) is 5.92 Å². The predicted molar refractivity (Wildman–Crippen MR) is 140 cm³/mol. The van der Waals surface area contributed by atoms with E-state index in [9.17, 15) is 9.59 Å². The highest BCUT2D eigenvalue weighted by molar-refractivity contribution is 7.99. The van der Waals surface area contributed by atoms with Crippen LogP contribution >= 0.6 is 23.1 Å².